The minimum absolute atomic E-state index is 0.0519. The van der Waals surface area contributed by atoms with Crippen molar-refractivity contribution in [3.05, 3.63) is 69.1 Å². The Balaban J connectivity index is 1.83. The van der Waals surface area contributed by atoms with Crippen molar-refractivity contribution in [3.8, 4) is 0 Å². The third-order valence-corrected chi connectivity index (χ3v) is 6.32. The van der Waals surface area contributed by atoms with E-state index in [4.69, 9.17) is 27.9 Å². The highest BCUT2D eigenvalue weighted by Crippen LogP contribution is 2.41. The van der Waals surface area contributed by atoms with Crippen LogP contribution in [0.15, 0.2) is 36.4 Å². The second-order valence-electron chi connectivity index (χ2n) is 7.46. The van der Waals surface area contributed by atoms with E-state index in [9.17, 15) is 9.18 Å². The molecule has 1 aliphatic carbocycles. The number of halogens is 3. The van der Waals surface area contributed by atoms with Crippen LogP contribution in [0.5, 0.6) is 0 Å². The lowest BCUT2D eigenvalue weighted by Crippen LogP contribution is -2.19. The number of carbonyl (C=O) groups is 1. The van der Waals surface area contributed by atoms with E-state index in [0.717, 1.165) is 47.0 Å². The zero-order valence-corrected chi connectivity index (χ0v) is 17.7. The maximum absolute atomic E-state index is 14.0. The Morgan fingerprint density at radius 2 is 2.03 bits per heavy atom. The summed E-state index contributed by atoms with van der Waals surface area (Å²) in [5.74, 6) is -0.390. The Morgan fingerprint density at radius 3 is 2.79 bits per heavy atom. The summed E-state index contributed by atoms with van der Waals surface area (Å²) < 4.78 is 21.4. The molecule has 3 nitrogen and oxygen atoms in total. The Hall–Kier alpha value is -2.04. The van der Waals surface area contributed by atoms with Gasteiger partial charge in [0.2, 0.25) is 0 Å². The molecule has 0 saturated heterocycles. The molecule has 2 aromatic carbocycles. The Kier molecular flexibility index (Phi) is 5.84. The maximum Gasteiger partial charge on any atom is 0.306 e. The highest BCUT2D eigenvalue weighted by atomic mass is 35.5. The predicted molar refractivity (Wildman–Crippen MR) is 114 cm³/mol. The van der Waals surface area contributed by atoms with Crippen molar-refractivity contribution in [2.45, 2.75) is 45.1 Å². The lowest BCUT2D eigenvalue weighted by molar-refractivity contribution is -0.143. The summed E-state index contributed by atoms with van der Waals surface area (Å²) in [6.45, 7) is 2.76. The molecule has 1 unspecified atom stereocenters. The summed E-state index contributed by atoms with van der Waals surface area (Å²) in [4.78, 5) is 12.2. The summed E-state index contributed by atoms with van der Waals surface area (Å²) >= 11 is 12.3. The van der Waals surface area contributed by atoms with Gasteiger partial charge in [0, 0.05) is 29.1 Å². The minimum atomic E-state index is -0.250. The number of aromatic nitrogens is 1. The molecule has 0 spiro atoms. The summed E-state index contributed by atoms with van der Waals surface area (Å²) in [5, 5.41) is 1.94. The van der Waals surface area contributed by atoms with Gasteiger partial charge in [0.15, 0.2) is 0 Å². The van der Waals surface area contributed by atoms with Gasteiger partial charge in [-0.1, -0.05) is 29.3 Å². The average molecular weight is 434 g/mol. The van der Waals surface area contributed by atoms with Gasteiger partial charge in [-0.15, -0.1) is 0 Å². The highest BCUT2D eigenvalue weighted by molar-refractivity contribution is 6.42. The lowest BCUT2D eigenvalue weighted by Gasteiger charge is -2.25. The molecule has 152 valence electrons. The second-order valence-corrected chi connectivity index (χ2v) is 8.27. The normalized spacial score (nSPS) is 16.1. The molecule has 1 atom stereocenters. The summed E-state index contributed by atoms with van der Waals surface area (Å²) in [6, 6.07) is 10.5. The van der Waals surface area contributed by atoms with Crippen molar-refractivity contribution < 1.29 is 13.9 Å². The first-order chi connectivity index (χ1) is 14.0. The van der Waals surface area contributed by atoms with Crippen molar-refractivity contribution in [1.82, 2.24) is 4.57 Å². The maximum atomic E-state index is 14.0. The van der Waals surface area contributed by atoms with Gasteiger partial charge in [0.25, 0.3) is 0 Å². The second kappa shape index (κ2) is 8.37. The van der Waals surface area contributed by atoms with Gasteiger partial charge in [-0.25, -0.2) is 4.39 Å². The fraction of sp³-hybridized carbons (Fsp3) is 0.348. The van der Waals surface area contributed by atoms with Crippen molar-refractivity contribution in [1.29, 1.82) is 0 Å². The number of fused-ring (bicyclic) bond motifs is 3. The third-order valence-electron chi connectivity index (χ3n) is 5.58. The molecule has 29 heavy (non-hydrogen) atoms. The Morgan fingerprint density at radius 1 is 1.21 bits per heavy atom. The Bertz CT molecular complexity index is 1080. The van der Waals surface area contributed by atoms with Crippen LogP contribution in [0, 0.1) is 5.82 Å². The van der Waals surface area contributed by atoms with Crippen molar-refractivity contribution in [2.75, 3.05) is 6.61 Å². The van der Waals surface area contributed by atoms with Gasteiger partial charge in [-0.2, -0.15) is 0 Å². The molecule has 0 fully saturated rings. The minimum Gasteiger partial charge on any atom is -0.466 e. The van der Waals surface area contributed by atoms with Gasteiger partial charge in [0.1, 0.15) is 5.82 Å². The van der Waals surface area contributed by atoms with Gasteiger partial charge in [0.05, 0.1) is 23.1 Å². The SMILES string of the molecule is CCOC(=O)CC1CCCc2c1n(Cc1ccc(Cl)c(Cl)c1)c1ccc(F)cc21. The fourth-order valence-corrected chi connectivity index (χ4v) is 4.74. The van der Waals surface area contributed by atoms with Crippen molar-refractivity contribution in [3.63, 3.8) is 0 Å². The number of esters is 1. The Labute approximate surface area is 179 Å². The zero-order valence-electron chi connectivity index (χ0n) is 16.2. The van der Waals surface area contributed by atoms with Gasteiger partial charge >= 0.3 is 5.97 Å². The highest BCUT2D eigenvalue weighted by Gasteiger charge is 2.30. The molecule has 6 heteroatoms. The molecule has 0 saturated carbocycles. The lowest BCUT2D eigenvalue weighted by atomic mass is 9.84. The molecule has 0 aliphatic heterocycles. The van der Waals surface area contributed by atoms with E-state index in [0.29, 0.717) is 29.6 Å². The van der Waals surface area contributed by atoms with Crippen LogP contribution < -0.4 is 0 Å². The van der Waals surface area contributed by atoms with E-state index in [1.54, 1.807) is 12.1 Å². The summed E-state index contributed by atoms with van der Waals surface area (Å²) in [6.07, 6.45) is 3.09. The zero-order chi connectivity index (χ0) is 20.5. The third kappa shape index (κ3) is 4.01. The standard InChI is InChI=1S/C23H22Cl2FNO2/c1-2-29-22(28)11-15-4-3-5-17-18-12-16(26)7-9-21(18)27(23(15)17)13-14-6-8-19(24)20(25)10-14/h6-10,12,15H,2-5,11,13H2,1H3. The number of benzene rings is 2. The monoisotopic (exact) mass is 433 g/mol. The van der Waals surface area contributed by atoms with E-state index < -0.39 is 0 Å². The van der Waals surface area contributed by atoms with Gasteiger partial charge in [-0.3, -0.25) is 4.79 Å². The first kappa shape index (κ1) is 20.2. The molecular weight excluding hydrogens is 412 g/mol. The number of aryl methyl sites for hydroxylation is 1. The quantitative estimate of drug-likeness (QED) is 0.429. The molecule has 1 aromatic heterocycles. The van der Waals surface area contributed by atoms with Crippen LogP contribution in [-0.2, 0) is 22.5 Å². The molecule has 1 heterocycles. The van der Waals surface area contributed by atoms with Gasteiger partial charge in [-0.05, 0) is 67.6 Å². The number of hydrogen-bond donors (Lipinski definition) is 0. The smallest absolute Gasteiger partial charge is 0.306 e. The first-order valence-electron chi connectivity index (χ1n) is 9.88. The fourth-order valence-electron chi connectivity index (χ4n) is 4.42. The van der Waals surface area contributed by atoms with Crippen molar-refractivity contribution >= 4 is 40.1 Å². The van der Waals surface area contributed by atoms with E-state index in [2.05, 4.69) is 4.57 Å². The van der Waals surface area contributed by atoms with Crippen LogP contribution in [0.1, 0.15) is 48.9 Å². The molecule has 4 rings (SSSR count). The number of hydrogen-bond acceptors (Lipinski definition) is 2. The van der Waals surface area contributed by atoms with E-state index in [1.807, 2.05) is 25.1 Å². The van der Waals surface area contributed by atoms with Crippen LogP contribution in [0.25, 0.3) is 10.9 Å². The van der Waals surface area contributed by atoms with E-state index in [-0.39, 0.29) is 17.7 Å². The molecule has 3 aromatic rings. The van der Waals surface area contributed by atoms with Crippen LogP contribution in [0.4, 0.5) is 4.39 Å². The van der Waals surface area contributed by atoms with Gasteiger partial charge < -0.3 is 9.30 Å². The molecule has 1 aliphatic rings. The van der Waals surface area contributed by atoms with E-state index in [1.165, 1.54) is 6.07 Å². The molecule has 0 radical (unpaired) electrons. The first-order valence-corrected chi connectivity index (χ1v) is 10.6. The largest absolute Gasteiger partial charge is 0.466 e. The number of carbonyl (C=O) groups excluding carboxylic acids is 1. The molecular formula is C23H22Cl2FNO2. The van der Waals surface area contributed by atoms with Crippen LogP contribution in [-0.4, -0.2) is 17.1 Å². The molecule has 0 N–H and O–H groups in total. The topological polar surface area (TPSA) is 31.2 Å². The predicted octanol–water partition coefficient (Wildman–Crippen LogP) is 6.51. The summed E-state index contributed by atoms with van der Waals surface area (Å²) in [5.41, 5.74) is 4.22. The molecule has 0 bridgehead atoms. The molecule has 0 amide bonds. The average Bonchev–Trinajstić information content (AvgIpc) is 2.99. The van der Waals surface area contributed by atoms with Crippen LogP contribution in [0.2, 0.25) is 10.0 Å². The van der Waals surface area contributed by atoms with E-state index >= 15 is 0 Å². The summed E-state index contributed by atoms with van der Waals surface area (Å²) in [7, 11) is 0. The number of ether oxygens (including phenoxy) is 1. The van der Waals surface area contributed by atoms with Crippen molar-refractivity contribution in [2.24, 2.45) is 0 Å². The van der Waals surface area contributed by atoms with Crippen LogP contribution in [0.3, 0.4) is 0 Å². The van der Waals surface area contributed by atoms with Crippen LogP contribution >= 0.6 is 23.2 Å². The number of nitrogens with zero attached hydrogens (tertiary/aromatic N) is 1. The number of rotatable bonds is 5.